The lowest BCUT2D eigenvalue weighted by Gasteiger charge is -2.28. The third-order valence-corrected chi connectivity index (χ3v) is 4.61. The summed E-state index contributed by atoms with van der Waals surface area (Å²) in [5, 5.41) is 3.66. The van der Waals surface area contributed by atoms with Gasteiger partial charge in [0.1, 0.15) is 0 Å². The van der Waals surface area contributed by atoms with Gasteiger partial charge in [-0.2, -0.15) is 0 Å². The molecule has 0 aromatic carbocycles. The minimum Gasteiger partial charge on any atom is -0.310 e. The van der Waals surface area contributed by atoms with Gasteiger partial charge in [-0.25, -0.2) is 0 Å². The molecule has 15 heavy (non-hydrogen) atoms. The summed E-state index contributed by atoms with van der Waals surface area (Å²) in [6, 6.07) is 0.698. The summed E-state index contributed by atoms with van der Waals surface area (Å²) < 4.78 is 0. The van der Waals surface area contributed by atoms with Crippen molar-refractivity contribution in [2.45, 2.75) is 52.0 Å². The topological polar surface area (TPSA) is 12.0 Å². The molecular formula is C14H25N. The summed E-state index contributed by atoms with van der Waals surface area (Å²) in [5.41, 5.74) is 1.34. The monoisotopic (exact) mass is 207 g/mol. The van der Waals surface area contributed by atoms with E-state index < -0.39 is 0 Å². The largest absolute Gasteiger partial charge is 0.310 e. The Morgan fingerprint density at radius 2 is 2.20 bits per heavy atom. The van der Waals surface area contributed by atoms with Crippen LogP contribution in [0.4, 0.5) is 0 Å². The summed E-state index contributed by atoms with van der Waals surface area (Å²) in [6.07, 6.45) is 7.12. The van der Waals surface area contributed by atoms with E-state index in [0.29, 0.717) is 6.04 Å². The average Bonchev–Trinajstić information content (AvgIpc) is 2.86. The van der Waals surface area contributed by atoms with E-state index >= 15 is 0 Å². The van der Waals surface area contributed by atoms with Crippen molar-refractivity contribution >= 4 is 0 Å². The first-order chi connectivity index (χ1) is 7.20. The zero-order chi connectivity index (χ0) is 10.8. The van der Waals surface area contributed by atoms with E-state index in [1.165, 1.54) is 31.3 Å². The summed E-state index contributed by atoms with van der Waals surface area (Å²) in [5.74, 6) is 3.06. The zero-order valence-electron chi connectivity index (χ0n) is 10.3. The second-order valence-corrected chi connectivity index (χ2v) is 5.61. The Morgan fingerprint density at radius 3 is 2.73 bits per heavy atom. The third-order valence-electron chi connectivity index (χ3n) is 4.61. The predicted octanol–water partition coefficient (Wildman–Crippen LogP) is 3.37. The van der Waals surface area contributed by atoms with Crippen LogP contribution in [0.2, 0.25) is 0 Å². The van der Waals surface area contributed by atoms with Gasteiger partial charge in [-0.15, -0.1) is 0 Å². The van der Waals surface area contributed by atoms with Gasteiger partial charge < -0.3 is 5.32 Å². The van der Waals surface area contributed by atoms with Crippen LogP contribution in [0.1, 0.15) is 46.0 Å². The van der Waals surface area contributed by atoms with Gasteiger partial charge in [0.05, 0.1) is 0 Å². The molecule has 1 N–H and O–H groups in total. The van der Waals surface area contributed by atoms with Gasteiger partial charge in [-0.3, -0.25) is 0 Å². The number of rotatable bonds is 5. The standard InChI is InChI=1S/C14H25N/c1-4-10(2)9-15-11(3)14-8-12-5-6-13(14)7-12/h11-15H,2,4-9H2,1,3H3. The molecule has 0 heterocycles. The number of fused-ring (bicyclic) bond motifs is 2. The van der Waals surface area contributed by atoms with Gasteiger partial charge in [-0.1, -0.05) is 25.5 Å². The van der Waals surface area contributed by atoms with Crippen LogP contribution in [0.5, 0.6) is 0 Å². The minimum atomic E-state index is 0.698. The maximum absolute atomic E-state index is 4.06. The van der Waals surface area contributed by atoms with E-state index in [0.717, 1.165) is 30.7 Å². The Kier molecular flexibility index (Phi) is 3.50. The van der Waals surface area contributed by atoms with Crippen molar-refractivity contribution in [3.8, 4) is 0 Å². The highest BCUT2D eigenvalue weighted by atomic mass is 14.9. The van der Waals surface area contributed by atoms with Gasteiger partial charge in [0.15, 0.2) is 0 Å². The van der Waals surface area contributed by atoms with Crippen LogP contribution < -0.4 is 5.32 Å². The molecule has 1 nitrogen and oxygen atoms in total. The van der Waals surface area contributed by atoms with E-state index in [2.05, 4.69) is 25.7 Å². The van der Waals surface area contributed by atoms with Crippen molar-refractivity contribution in [3.63, 3.8) is 0 Å². The predicted molar refractivity (Wildman–Crippen MR) is 65.8 cm³/mol. The Labute approximate surface area is 94.3 Å². The molecule has 2 aliphatic carbocycles. The van der Waals surface area contributed by atoms with Crippen LogP contribution >= 0.6 is 0 Å². The maximum Gasteiger partial charge on any atom is 0.0164 e. The quantitative estimate of drug-likeness (QED) is 0.682. The lowest BCUT2D eigenvalue weighted by Crippen LogP contribution is -2.37. The number of hydrogen-bond acceptors (Lipinski definition) is 1. The summed E-state index contributed by atoms with van der Waals surface area (Å²) in [7, 11) is 0. The number of nitrogens with one attached hydrogen (secondary N) is 1. The molecule has 86 valence electrons. The van der Waals surface area contributed by atoms with Crippen molar-refractivity contribution in [1.82, 2.24) is 5.32 Å². The van der Waals surface area contributed by atoms with Gasteiger partial charge >= 0.3 is 0 Å². The molecule has 0 radical (unpaired) electrons. The molecule has 2 saturated carbocycles. The molecule has 0 aromatic heterocycles. The zero-order valence-corrected chi connectivity index (χ0v) is 10.3. The summed E-state index contributed by atoms with van der Waals surface area (Å²) >= 11 is 0. The molecular weight excluding hydrogens is 182 g/mol. The summed E-state index contributed by atoms with van der Waals surface area (Å²) in [6.45, 7) is 9.63. The molecule has 0 spiro atoms. The maximum atomic E-state index is 4.06. The van der Waals surface area contributed by atoms with Crippen LogP contribution in [0.25, 0.3) is 0 Å². The highest BCUT2D eigenvalue weighted by Crippen LogP contribution is 2.49. The highest BCUT2D eigenvalue weighted by molar-refractivity contribution is 4.98. The number of hydrogen-bond donors (Lipinski definition) is 1. The Hall–Kier alpha value is -0.300. The van der Waals surface area contributed by atoms with Crippen molar-refractivity contribution in [2.75, 3.05) is 6.54 Å². The fraction of sp³-hybridized carbons (Fsp3) is 0.857. The van der Waals surface area contributed by atoms with E-state index in [1.54, 1.807) is 0 Å². The lowest BCUT2D eigenvalue weighted by molar-refractivity contribution is 0.264. The van der Waals surface area contributed by atoms with Crippen LogP contribution in [0, 0.1) is 17.8 Å². The molecule has 1 heteroatoms. The molecule has 0 aromatic rings. The lowest BCUT2D eigenvalue weighted by atomic mass is 9.84. The Balaban J connectivity index is 1.76. The summed E-state index contributed by atoms with van der Waals surface area (Å²) in [4.78, 5) is 0. The normalized spacial score (nSPS) is 35.7. The van der Waals surface area contributed by atoms with E-state index in [1.807, 2.05) is 0 Å². The van der Waals surface area contributed by atoms with Crippen LogP contribution in [-0.4, -0.2) is 12.6 Å². The van der Waals surface area contributed by atoms with Gasteiger partial charge in [-0.05, 0) is 50.4 Å². The fourth-order valence-corrected chi connectivity index (χ4v) is 3.49. The van der Waals surface area contributed by atoms with Gasteiger partial charge in [0.2, 0.25) is 0 Å². The van der Waals surface area contributed by atoms with Crippen molar-refractivity contribution < 1.29 is 0 Å². The van der Waals surface area contributed by atoms with Gasteiger partial charge in [0.25, 0.3) is 0 Å². The SMILES string of the molecule is C=C(CC)CNC(C)C1CC2CCC1C2. The van der Waals surface area contributed by atoms with Crippen LogP contribution in [0.3, 0.4) is 0 Å². The second-order valence-electron chi connectivity index (χ2n) is 5.61. The average molecular weight is 207 g/mol. The fourth-order valence-electron chi connectivity index (χ4n) is 3.49. The van der Waals surface area contributed by atoms with Crippen molar-refractivity contribution in [3.05, 3.63) is 12.2 Å². The third kappa shape index (κ3) is 2.44. The molecule has 2 aliphatic rings. The van der Waals surface area contributed by atoms with Crippen LogP contribution in [-0.2, 0) is 0 Å². The molecule has 0 amide bonds. The first kappa shape index (κ1) is 11.2. The van der Waals surface area contributed by atoms with Crippen molar-refractivity contribution in [1.29, 1.82) is 0 Å². The smallest absolute Gasteiger partial charge is 0.0164 e. The second kappa shape index (κ2) is 4.69. The molecule has 2 rings (SSSR count). The Morgan fingerprint density at radius 1 is 1.40 bits per heavy atom. The molecule has 2 bridgehead atoms. The Bertz CT molecular complexity index is 233. The van der Waals surface area contributed by atoms with Crippen LogP contribution in [0.15, 0.2) is 12.2 Å². The molecule has 4 unspecified atom stereocenters. The van der Waals surface area contributed by atoms with E-state index in [9.17, 15) is 0 Å². The molecule has 0 aliphatic heterocycles. The highest BCUT2D eigenvalue weighted by Gasteiger charge is 2.41. The van der Waals surface area contributed by atoms with Gasteiger partial charge in [0, 0.05) is 12.6 Å². The first-order valence-electron chi connectivity index (χ1n) is 6.60. The first-order valence-corrected chi connectivity index (χ1v) is 6.60. The van der Waals surface area contributed by atoms with Crippen molar-refractivity contribution in [2.24, 2.45) is 17.8 Å². The van der Waals surface area contributed by atoms with E-state index in [-0.39, 0.29) is 0 Å². The van der Waals surface area contributed by atoms with E-state index in [4.69, 9.17) is 0 Å². The molecule has 0 saturated heterocycles. The molecule has 4 atom stereocenters. The molecule has 2 fully saturated rings. The minimum absolute atomic E-state index is 0.698.